The number of fused-ring (bicyclic) bond motifs is 8. The number of para-hydroxylation sites is 6. The van der Waals surface area contributed by atoms with Crippen molar-refractivity contribution in [2.75, 3.05) is 9.80 Å². The smallest absolute Gasteiger partial charge is 0.124 e. The van der Waals surface area contributed by atoms with E-state index in [0.29, 0.717) is 0 Å². The van der Waals surface area contributed by atoms with Crippen molar-refractivity contribution in [1.82, 2.24) is 9.55 Å². The predicted octanol–water partition coefficient (Wildman–Crippen LogP) is 16.3. The second kappa shape index (κ2) is 14.9. The number of nitrogens with zero attached hydrogens (tertiary/aromatic N) is 4. The van der Waals surface area contributed by atoms with Crippen LogP contribution in [0.15, 0.2) is 231 Å². The average molecular weight is 811 g/mol. The molecule has 0 spiro atoms. The van der Waals surface area contributed by atoms with E-state index >= 15 is 0 Å². The van der Waals surface area contributed by atoms with Crippen molar-refractivity contribution in [2.45, 2.75) is 0 Å². The normalized spacial score (nSPS) is 11.5. The molecule has 62 heavy (non-hydrogen) atoms. The van der Waals surface area contributed by atoms with Gasteiger partial charge in [0.15, 0.2) is 0 Å². The third-order valence-corrected chi connectivity index (χ3v) is 13.0. The molecule has 5 heteroatoms. The summed E-state index contributed by atoms with van der Waals surface area (Å²) in [4.78, 5) is 10.1. The molecule has 0 unspecified atom stereocenters. The van der Waals surface area contributed by atoms with E-state index in [9.17, 15) is 0 Å². The van der Waals surface area contributed by atoms with E-state index in [0.717, 1.165) is 61.4 Å². The van der Waals surface area contributed by atoms with Crippen LogP contribution in [-0.2, 0) is 0 Å². The van der Waals surface area contributed by atoms with Crippen LogP contribution in [0.5, 0.6) is 0 Å². The van der Waals surface area contributed by atoms with Crippen LogP contribution in [0, 0.1) is 0 Å². The van der Waals surface area contributed by atoms with Gasteiger partial charge in [-0.3, -0.25) is 0 Å². The Balaban J connectivity index is 1.14. The molecule has 0 saturated carbocycles. The molecule has 12 aromatic rings. The van der Waals surface area contributed by atoms with Crippen LogP contribution in [0.25, 0.3) is 69.8 Å². The van der Waals surface area contributed by atoms with Gasteiger partial charge in [-0.1, -0.05) is 140 Å². The highest BCUT2D eigenvalue weighted by atomic mass is 32.1. The summed E-state index contributed by atoms with van der Waals surface area (Å²) in [5.74, 6) is 0. The highest BCUT2D eigenvalue weighted by Gasteiger charge is 2.24. The van der Waals surface area contributed by atoms with Crippen molar-refractivity contribution < 1.29 is 0 Å². The van der Waals surface area contributed by atoms with E-state index in [1.54, 1.807) is 11.3 Å². The lowest BCUT2D eigenvalue weighted by Crippen LogP contribution is -2.17. The minimum absolute atomic E-state index is 1.03. The molecule has 0 bridgehead atoms. The summed E-state index contributed by atoms with van der Waals surface area (Å²) in [6.07, 6.45) is 0. The van der Waals surface area contributed by atoms with Gasteiger partial charge in [-0.05, 0) is 107 Å². The molecule has 12 rings (SSSR count). The molecule has 0 saturated heterocycles. The SMILES string of the molecule is c1ccc(-c2nc3c(ccc4ccc5ccc(N(c6ccc7c(c6)c6ccccc6n7-c6ccccc6)c6ccccc6N(c6ccccc6)c6ccccc6)cc5c43)s2)cc1. The van der Waals surface area contributed by atoms with Gasteiger partial charge >= 0.3 is 0 Å². The lowest BCUT2D eigenvalue weighted by molar-refractivity contribution is 1.18. The Morgan fingerprint density at radius 2 is 0.903 bits per heavy atom. The number of aromatic nitrogens is 2. The molecule has 0 atom stereocenters. The number of thiazole rings is 1. The summed E-state index contributed by atoms with van der Waals surface area (Å²) in [5.41, 5.74) is 12.0. The van der Waals surface area contributed by atoms with Crippen molar-refractivity contribution in [1.29, 1.82) is 0 Å². The van der Waals surface area contributed by atoms with Crippen molar-refractivity contribution in [2.24, 2.45) is 0 Å². The molecule has 0 N–H and O–H groups in total. The Labute approximate surface area is 363 Å². The first-order valence-electron chi connectivity index (χ1n) is 21.0. The predicted molar refractivity (Wildman–Crippen MR) is 264 cm³/mol. The zero-order chi connectivity index (χ0) is 41.0. The minimum Gasteiger partial charge on any atom is -0.309 e. The fourth-order valence-electron chi connectivity index (χ4n) is 9.17. The molecule has 0 amide bonds. The molecule has 0 aliphatic carbocycles. The average Bonchev–Trinajstić information content (AvgIpc) is 3.93. The Kier molecular flexibility index (Phi) is 8.65. The zero-order valence-electron chi connectivity index (χ0n) is 33.6. The number of hydrogen-bond donors (Lipinski definition) is 0. The van der Waals surface area contributed by atoms with Crippen LogP contribution >= 0.6 is 11.3 Å². The van der Waals surface area contributed by atoms with Gasteiger partial charge in [0.1, 0.15) is 5.01 Å². The first-order chi connectivity index (χ1) is 30.8. The molecule has 0 fully saturated rings. The number of rotatable bonds is 8. The standard InChI is InChI=1S/C57H38N4S/c1-5-17-41(18-6-1)57-58-56-54(62-57)36-32-40-30-29-39-31-33-45(37-48(39)55(40)56)60(53-28-16-15-27-52(53)59(42-19-7-2-8-20-42)43-21-9-3-10-22-43)46-34-35-51-49(38-46)47-25-13-14-26-50(47)61(51)44-23-11-4-12-24-44/h1-38H. The van der Waals surface area contributed by atoms with Crippen molar-refractivity contribution >= 4 is 99.0 Å². The molecule has 292 valence electrons. The monoisotopic (exact) mass is 810 g/mol. The Hall–Kier alpha value is -7.99. The number of anilines is 6. The summed E-state index contributed by atoms with van der Waals surface area (Å²) in [6.45, 7) is 0. The van der Waals surface area contributed by atoms with Crippen LogP contribution in [0.2, 0.25) is 0 Å². The summed E-state index contributed by atoms with van der Waals surface area (Å²) < 4.78 is 3.56. The van der Waals surface area contributed by atoms with Gasteiger partial charge < -0.3 is 14.4 Å². The first-order valence-corrected chi connectivity index (χ1v) is 21.8. The molecule has 4 nitrogen and oxygen atoms in total. The van der Waals surface area contributed by atoms with Crippen LogP contribution in [0.3, 0.4) is 0 Å². The van der Waals surface area contributed by atoms with Gasteiger partial charge in [-0.15, -0.1) is 11.3 Å². The van der Waals surface area contributed by atoms with Crippen molar-refractivity contribution in [3.8, 4) is 16.3 Å². The summed E-state index contributed by atoms with van der Waals surface area (Å²) in [7, 11) is 0. The Morgan fingerprint density at radius 3 is 1.61 bits per heavy atom. The van der Waals surface area contributed by atoms with Crippen molar-refractivity contribution in [3.63, 3.8) is 0 Å². The Bertz CT molecular complexity index is 3540. The van der Waals surface area contributed by atoms with Crippen LogP contribution in [0.4, 0.5) is 34.1 Å². The zero-order valence-corrected chi connectivity index (χ0v) is 34.5. The van der Waals surface area contributed by atoms with Crippen LogP contribution < -0.4 is 9.80 Å². The maximum atomic E-state index is 5.34. The molecule has 2 heterocycles. The van der Waals surface area contributed by atoms with E-state index in [2.05, 4.69) is 245 Å². The van der Waals surface area contributed by atoms with Gasteiger partial charge in [0.05, 0.1) is 32.6 Å². The van der Waals surface area contributed by atoms with Crippen LogP contribution in [0.1, 0.15) is 0 Å². The maximum Gasteiger partial charge on any atom is 0.124 e. The van der Waals surface area contributed by atoms with E-state index in [4.69, 9.17) is 4.98 Å². The summed E-state index contributed by atoms with van der Waals surface area (Å²) in [5, 5.41) is 8.12. The lowest BCUT2D eigenvalue weighted by atomic mass is 9.99. The third-order valence-electron chi connectivity index (χ3n) is 11.9. The largest absolute Gasteiger partial charge is 0.309 e. The highest BCUT2D eigenvalue weighted by molar-refractivity contribution is 7.21. The van der Waals surface area contributed by atoms with E-state index in [1.165, 1.54) is 42.5 Å². The molecule has 2 aromatic heterocycles. The van der Waals surface area contributed by atoms with Gasteiger partial charge in [0, 0.05) is 50.2 Å². The first kappa shape index (κ1) is 35.9. The third kappa shape index (κ3) is 6.01. The van der Waals surface area contributed by atoms with Crippen LogP contribution in [-0.4, -0.2) is 9.55 Å². The number of benzene rings is 10. The molecule has 0 aliphatic heterocycles. The molecule has 0 radical (unpaired) electrons. The quantitative estimate of drug-likeness (QED) is 0.143. The second-order valence-corrected chi connectivity index (χ2v) is 16.6. The molecular weight excluding hydrogens is 773 g/mol. The van der Waals surface area contributed by atoms with Gasteiger partial charge in [0.2, 0.25) is 0 Å². The fourth-order valence-corrected chi connectivity index (χ4v) is 10.1. The molecular formula is C57H38N4S. The summed E-state index contributed by atoms with van der Waals surface area (Å²) in [6, 6.07) is 82.9. The van der Waals surface area contributed by atoms with Crippen molar-refractivity contribution in [3.05, 3.63) is 231 Å². The lowest BCUT2D eigenvalue weighted by Gasteiger charge is -2.33. The van der Waals surface area contributed by atoms with Gasteiger partial charge in [-0.2, -0.15) is 0 Å². The second-order valence-electron chi connectivity index (χ2n) is 15.6. The maximum absolute atomic E-state index is 5.34. The van der Waals surface area contributed by atoms with Gasteiger partial charge in [0.25, 0.3) is 0 Å². The molecule has 0 aliphatic rings. The minimum atomic E-state index is 1.03. The van der Waals surface area contributed by atoms with E-state index in [-0.39, 0.29) is 0 Å². The summed E-state index contributed by atoms with van der Waals surface area (Å²) >= 11 is 1.75. The topological polar surface area (TPSA) is 24.3 Å². The fraction of sp³-hybridized carbons (Fsp3) is 0. The number of hydrogen-bond acceptors (Lipinski definition) is 4. The Morgan fingerprint density at radius 1 is 0.387 bits per heavy atom. The van der Waals surface area contributed by atoms with E-state index < -0.39 is 0 Å². The van der Waals surface area contributed by atoms with E-state index in [1.807, 2.05) is 0 Å². The highest BCUT2D eigenvalue weighted by Crippen LogP contribution is 2.48. The molecule has 10 aromatic carbocycles. The van der Waals surface area contributed by atoms with Gasteiger partial charge in [-0.25, -0.2) is 4.98 Å².